The molecule has 5 rings (SSSR count). The Kier molecular flexibility index (Phi) is 8.47. The number of hydrogen-bond donors (Lipinski definition) is 1. The number of methoxy groups -OCH3 is 1. The average Bonchev–Trinajstić information content (AvgIpc) is 3.00. The van der Waals surface area contributed by atoms with Crippen molar-refractivity contribution in [3.8, 4) is 22.9 Å². The Bertz CT molecular complexity index is 1190. The van der Waals surface area contributed by atoms with Crippen LogP contribution in [0.4, 0.5) is 11.6 Å². The quantitative estimate of drug-likeness (QED) is 0.428. The topological polar surface area (TPSA) is 106 Å². The number of carbonyl (C=O) groups excluding carboxylic acids is 1. The standard InChI is InChI=1S/C28H35N7O3/c1-37-23-7-5-21(6-8-23)24-17-25(31-19-30-24)35-14-9-22(10-15-35)28(36)29-11-16-38-27-18-26(32-20-33-27)34-12-3-2-4-13-34/h5-8,17-20,22H,2-4,9-16H2,1H3,(H,29,36). The van der Waals surface area contributed by atoms with E-state index in [0.29, 0.717) is 19.0 Å². The molecule has 2 aromatic heterocycles. The summed E-state index contributed by atoms with van der Waals surface area (Å²) in [5, 5.41) is 3.02. The number of nitrogens with one attached hydrogen (secondary N) is 1. The molecular formula is C28H35N7O3. The third-order valence-corrected chi connectivity index (χ3v) is 7.19. The van der Waals surface area contributed by atoms with Crippen molar-refractivity contribution in [1.82, 2.24) is 25.3 Å². The minimum Gasteiger partial charge on any atom is -0.497 e. The predicted molar refractivity (Wildman–Crippen MR) is 146 cm³/mol. The second-order valence-electron chi connectivity index (χ2n) is 9.65. The first-order valence-electron chi connectivity index (χ1n) is 13.4. The van der Waals surface area contributed by atoms with Crippen LogP contribution in [0.1, 0.15) is 32.1 Å². The van der Waals surface area contributed by atoms with Gasteiger partial charge >= 0.3 is 0 Å². The van der Waals surface area contributed by atoms with Gasteiger partial charge < -0.3 is 24.6 Å². The van der Waals surface area contributed by atoms with E-state index in [1.54, 1.807) is 19.8 Å². The Morgan fingerprint density at radius 1 is 0.895 bits per heavy atom. The number of piperidine rings is 2. The highest BCUT2D eigenvalue weighted by molar-refractivity contribution is 5.79. The smallest absolute Gasteiger partial charge is 0.223 e. The van der Waals surface area contributed by atoms with E-state index in [-0.39, 0.29) is 11.8 Å². The molecule has 10 heteroatoms. The lowest BCUT2D eigenvalue weighted by atomic mass is 9.96. The molecule has 1 amide bonds. The van der Waals surface area contributed by atoms with Crippen molar-refractivity contribution in [1.29, 1.82) is 0 Å². The van der Waals surface area contributed by atoms with Crippen molar-refractivity contribution in [3.63, 3.8) is 0 Å². The summed E-state index contributed by atoms with van der Waals surface area (Å²) in [6.45, 7) is 4.40. The summed E-state index contributed by atoms with van der Waals surface area (Å²) in [5.41, 5.74) is 1.87. The number of carbonyl (C=O) groups is 1. The summed E-state index contributed by atoms with van der Waals surface area (Å²) in [6.07, 6.45) is 8.35. The summed E-state index contributed by atoms with van der Waals surface area (Å²) >= 11 is 0. The molecule has 2 fully saturated rings. The van der Waals surface area contributed by atoms with Gasteiger partial charge in [0.05, 0.1) is 19.3 Å². The fourth-order valence-electron chi connectivity index (χ4n) is 4.99. The maximum absolute atomic E-state index is 12.8. The normalized spacial score (nSPS) is 16.2. The summed E-state index contributed by atoms with van der Waals surface area (Å²) in [4.78, 5) is 34.7. The third-order valence-electron chi connectivity index (χ3n) is 7.19. The molecule has 0 radical (unpaired) electrons. The summed E-state index contributed by atoms with van der Waals surface area (Å²) in [6, 6.07) is 11.7. The van der Waals surface area contributed by atoms with E-state index in [0.717, 1.165) is 67.7 Å². The molecule has 0 spiro atoms. The number of amides is 1. The highest BCUT2D eigenvalue weighted by Crippen LogP contribution is 2.26. The maximum atomic E-state index is 12.8. The Labute approximate surface area is 223 Å². The zero-order valence-electron chi connectivity index (χ0n) is 21.9. The van der Waals surface area contributed by atoms with Crippen molar-refractivity contribution < 1.29 is 14.3 Å². The van der Waals surface area contributed by atoms with Gasteiger partial charge in [-0.25, -0.2) is 19.9 Å². The van der Waals surface area contributed by atoms with Crippen molar-refractivity contribution in [3.05, 3.63) is 49.1 Å². The first kappa shape index (κ1) is 25.7. The number of hydrogen-bond acceptors (Lipinski definition) is 9. The van der Waals surface area contributed by atoms with Crippen molar-refractivity contribution in [2.24, 2.45) is 5.92 Å². The Morgan fingerprint density at radius 3 is 2.32 bits per heavy atom. The molecule has 0 unspecified atom stereocenters. The Hall–Kier alpha value is -3.95. The Morgan fingerprint density at radius 2 is 1.58 bits per heavy atom. The van der Waals surface area contributed by atoms with Gasteiger partial charge in [0, 0.05) is 49.8 Å². The molecule has 1 N–H and O–H groups in total. The monoisotopic (exact) mass is 517 g/mol. The molecule has 4 heterocycles. The SMILES string of the molecule is COc1ccc(-c2cc(N3CCC(C(=O)NCCOc4cc(N5CCCCC5)ncn4)CC3)ncn2)cc1. The second-order valence-corrected chi connectivity index (χ2v) is 9.65. The number of rotatable bonds is 9. The number of aromatic nitrogens is 4. The molecular weight excluding hydrogens is 482 g/mol. The number of anilines is 2. The molecule has 3 aromatic rings. The van der Waals surface area contributed by atoms with Crippen LogP contribution in [0, 0.1) is 5.92 Å². The number of ether oxygens (including phenoxy) is 2. The van der Waals surface area contributed by atoms with Crippen LogP contribution in [-0.2, 0) is 4.79 Å². The van der Waals surface area contributed by atoms with Gasteiger partial charge in [0.2, 0.25) is 11.8 Å². The van der Waals surface area contributed by atoms with Crippen LogP contribution in [0.3, 0.4) is 0 Å². The highest BCUT2D eigenvalue weighted by atomic mass is 16.5. The molecule has 38 heavy (non-hydrogen) atoms. The van der Waals surface area contributed by atoms with Gasteiger partial charge in [0.1, 0.15) is 36.6 Å². The molecule has 2 aliphatic rings. The van der Waals surface area contributed by atoms with Crippen LogP contribution >= 0.6 is 0 Å². The molecule has 0 bridgehead atoms. The van der Waals surface area contributed by atoms with E-state index < -0.39 is 0 Å². The van der Waals surface area contributed by atoms with Crippen LogP contribution in [0.5, 0.6) is 11.6 Å². The molecule has 200 valence electrons. The average molecular weight is 518 g/mol. The molecule has 1 aromatic carbocycles. The molecule has 0 saturated carbocycles. The van der Waals surface area contributed by atoms with Gasteiger partial charge in [0.25, 0.3) is 0 Å². The zero-order chi connectivity index (χ0) is 26.2. The Balaban J connectivity index is 1.06. The van der Waals surface area contributed by atoms with Gasteiger partial charge in [-0.15, -0.1) is 0 Å². The van der Waals surface area contributed by atoms with Crippen LogP contribution in [0.2, 0.25) is 0 Å². The summed E-state index contributed by atoms with van der Waals surface area (Å²) < 4.78 is 11.0. The number of benzene rings is 1. The highest BCUT2D eigenvalue weighted by Gasteiger charge is 2.25. The lowest BCUT2D eigenvalue weighted by Gasteiger charge is -2.32. The summed E-state index contributed by atoms with van der Waals surface area (Å²) in [5.74, 6) is 3.20. The third kappa shape index (κ3) is 6.48. The van der Waals surface area contributed by atoms with Gasteiger partial charge in [-0.1, -0.05) is 0 Å². The molecule has 0 atom stereocenters. The molecule has 10 nitrogen and oxygen atoms in total. The van der Waals surface area contributed by atoms with E-state index in [1.807, 2.05) is 36.4 Å². The maximum Gasteiger partial charge on any atom is 0.223 e. The van der Waals surface area contributed by atoms with E-state index in [1.165, 1.54) is 19.3 Å². The lowest BCUT2D eigenvalue weighted by molar-refractivity contribution is -0.125. The van der Waals surface area contributed by atoms with E-state index in [9.17, 15) is 4.79 Å². The first-order valence-corrected chi connectivity index (χ1v) is 13.4. The van der Waals surface area contributed by atoms with Crippen molar-refractivity contribution in [2.45, 2.75) is 32.1 Å². The van der Waals surface area contributed by atoms with Crippen LogP contribution in [0.15, 0.2) is 49.1 Å². The van der Waals surface area contributed by atoms with E-state index in [2.05, 4.69) is 35.1 Å². The largest absolute Gasteiger partial charge is 0.497 e. The molecule has 2 aliphatic heterocycles. The zero-order valence-corrected chi connectivity index (χ0v) is 21.9. The van der Waals surface area contributed by atoms with E-state index >= 15 is 0 Å². The minimum absolute atomic E-state index is 0.0149. The minimum atomic E-state index is -0.0149. The fourth-order valence-corrected chi connectivity index (χ4v) is 4.99. The van der Waals surface area contributed by atoms with Crippen LogP contribution in [0.25, 0.3) is 11.3 Å². The molecule has 0 aliphatic carbocycles. The fraction of sp³-hybridized carbons (Fsp3) is 0.464. The molecule has 2 saturated heterocycles. The van der Waals surface area contributed by atoms with E-state index in [4.69, 9.17) is 9.47 Å². The van der Waals surface area contributed by atoms with Gasteiger partial charge in [-0.2, -0.15) is 0 Å². The van der Waals surface area contributed by atoms with Crippen LogP contribution < -0.4 is 24.6 Å². The van der Waals surface area contributed by atoms with Crippen molar-refractivity contribution >= 4 is 17.5 Å². The van der Waals surface area contributed by atoms with Gasteiger partial charge in [-0.05, 0) is 56.4 Å². The number of nitrogens with zero attached hydrogens (tertiary/aromatic N) is 6. The summed E-state index contributed by atoms with van der Waals surface area (Å²) in [7, 11) is 1.65. The predicted octanol–water partition coefficient (Wildman–Crippen LogP) is 3.34. The van der Waals surface area contributed by atoms with Crippen molar-refractivity contribution in [2.75, 3.05) is 56.2 Å². The lowest BCUT2D eigenvalue weighted by Crippen LogP contribution is -2.41. The van der Waals surface area contributed by atoms with Gasteiger partial charge in [-0.3, -0.25) is 4.79 Å². The van der Waals surface area contributed by atoms with Gasteiger partial charge in [0.15, 0.2) is 0 Å². The second kappa shape index (κ2) is 12.5. The first-order chi connectivity index (χ1) is 18.7. The van der Waals surface area contributed by atoms with Crippen LogP contribution in [-0.4, -0.2) is 72.3 Å².